The summed E-state index contributed by atoms with van der Waals surface area (Å²) in [5.74, 6) is 0.746. The number of ether oxygens (including phenoxy) is 1. The Morgan fingerprint density at radius 3 is 2.41 bits per heavy atom. The Hall–Kier alpha value is -2.02. The number of likely N-dealkylation sites (tertiary alicyclic amines) is 1. The van der Waals surface area contributed by atoms with Crippen LogP contribution in [0.4, 0.5) is 4.39 Å². The van der Waals surface area contributed by atoms with E-state index in [0.717, 1.165) is 67.8 Å². The Bertz CT molecular complexity index is 895. The Balaban J connectivity index is 1.27. The van der Waals surface area contributed by atoms with Gasteiger partial charge in [0.15, 0.2) is 5.78 Å². The fraction of sp³-hybridized carbons (Fsp3) is 0.577. The maximum absolute atomic E-state index is 13.2. The number of morpholine rings is 1. The lowest BCUT2D eigenvalue weighted by molar-refractivity contribution is 0.0335. The van der Waals surface area contributed by atoms with Crippen molar-refractivity contribution in [3.05, 3.63) is 58.7 Å². The maximum Gasteiger partial charge on any atom is 0.178 e. The number of benzene rings is 1. The average Bonchev–Trinajstić information content (AvgIpc) is 3.09. The highest BCUT2D eigenvalue weighted by molar-refractivity contribution is 5.99. The number of Topliss-reactive ketones (excluding diaryl/α,β-unsaturated/α-hetero) is 1. The highest BCUT2D eigenvalue weighted by Crippen LogP contribution is 2.23. The molecule has 2 aliphatic heterocycles. The number of nitrogens with zero attached hydrogens (tertiary/aromatic N) is 3. The summed E-state index contributed by atoms with van der Waals surface area (Å²) in [6.07, 6.45) is 3.62. The van der Waals surface area contributed by atoms with Crippen molar-refractivity contribution in [2.24, 2.45) is 5.92 Å². The minimum atomic E-state index is -0.226. The molecule has 2 fully saturated rings. The predicted molar refractivity (Wildman–Crippen MR) is 125 cm³/mol. The first-order chi connectivity index (χ1) is 15.5. The topological polar surface area (TPSA) is 37.7 Å². The molecule has 0 saturated carbocycles. The standard InChI is InChI=1S/C26H36FN3O2/c1-20-17-25(21(2)30(20)18-23-3-5-24(27)6-4-23)26(31)19-29-11-8-22(9-12-29)7-10-28-13-15-32-16-14-28/h3-6,17,22H,7-16,18-19H2,1-2H3. The molecule has 6 heteroatoms. The lowest BCUT2D eigenvalue weighted by atomic mass is 9.93. The third kappa shape index (κ3) is 5.85. The van der Waals surface area contributed by atoms with Gasteiger partial charge >= 0.3 is 0 Å². The van der Waals surface area contributed by atoms with Crippen LogP contribution in [0.15, 0.2) is 30.3 Å². The van der Waals surface area contributed by atoms with E-state index in [-0.39, 0.29) is 11.6 Å². The Kier molecular flexibility index (Phi) is 7.76. The lowest BCUT2D eigenvalue weighted by Gasteiger charge is -2.33. The van der Waals surface area contributed by atoms with Crippen LogP contribution in [0.3, 0.4) is 0 Å². The van der Waals surface area contributed by atoms with E-state index in [1.807, 2.05) is 19.9 Å². The normalized spacial score (nSPS) is 18.8. The number of carbonyl (C=O) groups is 1. The van der Waals surface area contributed by atoms with Gasteiger partial charge in [-0.1, -0.05) is 12.1 Å². The summed E-state index contributed by atoms with van der Waals surface area (Å²) in [6, 6.07) is 8.59. The van der Waals surface area contributed by atoms with Crippen molar-refractivity contribution in [1.82, 2.24) is 14.4 Å². The first-order valence-corrected chi connectivity index (χ1v) is 12.0. The molecular formula is C26H36FN3O2. The predicted octanol–water partition coefficient (Wildman–Crippen LogP) is 3.91. The number of rotatable bonds is 8. The van der Waals surface area contributed by atoms with E-state index in [1.165, 1.54) is 37.9 Å². The molecule has 2 aromatic rings. The van der Waals surface area contributed by atoms with Crippen LogP contribution < -0.4 is 0 Å². The molecule has 32 heavy (non-hydrogen) atoms. The van der Waals surface area contributed by atoms with Gasteiger partial charge in [-0.15, -0.1) is 0 Å². The monoisotopic (exact) mass is 441 g/mol. The number of halogens is 1. The molecule has 5 nitrogen and oxygen atoms in total. The van der Waals surface area contributed by atoms with Crippen molar-refractivity contribution in [1.29, 1.82) is 0 Å². The molecule has 2 saturated heterocycles. The van der Waals surface area contributed by atoms with Crippen LogP contribution in [0.5, 0.6) is 0 Å². The summed E-state index contributed by atoms with van der Waals surface area (Å²) in [4.78, 5) is 17.9. The van der Waals surface area contributed by atoms with E-state index in [4.69, 9.17) is 4.74 Å². The van der Waals surface area contributed by atoms with E-state index < -0.39 is 0 Å². The third-order valence-electron chi connectivity index (χ3n) is 7.16. The summed E-state index contributed by atoms with van der Waals surface area (Å²) < 4.78 is 20.8. The first-order valence-electron chi connectivity index (χ1n) is 12.0. The molecule has 0 N–H and O–H groups in total. The first kappa shape index (κ1) is 23.1. The average molecular weight is 442 g/mol. The number of carbonyl (C=O) groups excluding carboxylic acids is 1. The fourth-order valence-electron chi connectivity index (χ4n) is 5.01. The van der Waals surface area contributed by atoms with E-state index >= 15 is 0 Å². The second kappa shape index (κ2) is 10.7. The van der Waals surface area contributed by atoms with Crippen LogP contribution in [0.1, 0.15) is 46.6 Å². The van der Waals surface area contributed by atoms with E-state index in [2.05, 4.69) is 14.4 Å². The van der Waals surface area contributed by atoms with Gasteiger partial charge in [-0.3, -0.25) is 14.6 Å². The number of ketones is 1. The van der Waals surface area contributed by atoms with Crippen molar-refractivity contribution in [2.75, 3.05) is 52.5 Å². The molecule has 2 aliphatic rings. The number of hydrogen-bond acceptors (Lipinski definition) is 4. The Morgan fingerprint density at radius 2 is 1.72 bits per heavy atom. The third-order valence-corrected chi connectivity index (χ3v) is 7.16. The zero-order chi connectivity index (χ0) is 22.5. The van der Waals surface area contributed by atoms with Gasteiger partial charge in [-0.2, -0.15) is 0 Å². The van der Waals surface area contributed by atoms with Gasteiger partial charge in [-0.25, -0.2) is 4.39 Å². The van der Waals surface area contributed by atoms with E-state index in [1.54, 1.807) is 12.1 Å². The Morgan fingerprint density at radius 1 is 1.03 bits per heavy atom. The maximum atomic E-state index is 13.2. The molecule has 4 rings (SSSR count). The highest BCUT2D eigenvalue weighted by atomic mass is 19.1. The van der Waals surface area contributed by atoms with Gasteiger partial charge in [0, 0.05) is 36.6 Å². The van der Waals surface area contributed by atoms with Gasteiger partial charge in [-0.05, 0) is 82.4 Å². The van der Waals surface area contributed by atoms with Gasteiger partial charge in [0.05, 0.1) is 19.8 Å². The smallest absolute Gasteiger partial charge is 0.178 e. The molecule has 0 unspecified atom stereocenters. The number of aryl methyl sites for hydroxylation is 1. The van der Waals surface area contributed by atoms with Crippen LogP contribution in [-0.4, -0.2) is 72.6 Å². The number of aromatic nitrogens is 1. The summed E-state index contributed by atoms with van der Waals surface area (Å²) in [5, 5.41) is 0. The van der Waals surface area contributed by atoms with Crippen LogP contribution in [0.2, 0.25) is 0 Å². The number of hydrogen-bond donors (Lipinski definition) is 0. The van der Waals surface area contributed by atoms with Gasteiger partial charge < -0.3 is 9.30 Å². The van der Waals surface area contributed by atoms with E-state index in [0.29, 0.717) is 13.1 Å². The van der Waals surface area contributed by atoms with Crippen molar-refractivity contribution in [3.8, 4) is 0 Å². The van der Waals surface area contributed by atoms with Gasteiger partial charge in [0.2, 0.25) is 0 Å². The molecule has 0 atom stereocenters. The van der Waals surface area contributed by atoms with Crippen LogP contribution in [-0.2, 0) is 11.3 Å². The second-order valence-electron chi connectivity index (χ2n) is 9.38. The molecule has 0 bridgehead atoms. The summed E-state index contributed by atoms with van der Waals surface area (Å²) in [7, 11) is 0. The van der Waals surface area contributed by atoms with Crippen molar-refractivity contribution in [3.63, 3.8) is 0 Å². The zero-order valence-corrected chi connectivity index (χ0v) is 19.5. The zero-order valence-electron chi connectivity index (χ0n) is 19.5. The van der Waals surface area contributed by atoms with Crippen molar-refractivity contribution < 1.29 is 13.9 Å². The minimum Gasteiger partial charge on any atom is -0.379 e. The fourth-order valence-corrected chi connectivity index (χ4v) is 5.01. The van der Waals surface area contributed by atoms with Crippen LogP contribution >= 0.6 is 0 Å². The van der Waals surface area contributed by atoms with E-state index in [9.17, 15) is 9.18 Å². The summed E-state index contributed by atoms with van der Waals surface area (Å²) in [5.41, 5.74) is 3.92. The molecule has 0 amide bonds. The van der Waals surface area contributed by atoms with Gasteiger partial charge in [0.25, 0.3) is 0 Å². The quantitative estimate of drug-likeness (QED) is 0.582. The lowest BCUT2D eigenvalue weighted by Crippen LogP contribution is -2.40. The van der Waals surface area contributed by atoms with Crippen molar-refractivity contribution >= 4 is 5.78 Å². The van der Waals surface area contributed by atoms with Crippen LogP contribution in [0, 0.1) is 25.6 Å². The minimum absolute atomic E-state index is 0.204. The second-order valence-corrected chi connectivity index (χ2v) is 9.38. The number of piperidine rings is 1. The van der Waals surface area contributed by atoms with Crippen LogP contribution in [0.25, 0.3) is 0 Å². The summed E-state index contributed by atoms with van der Waals surface area (Å²) >= 11 is 0. The Labute approximate surface area is 191 Å². The molecular weight excluding hydrogens is 405 g/mol. The largest absolute Gasteiger partial charge is 0.379 e. The van der Waals surface area contributed by atoms with Crippen molar-refractivity contribution in [2.45, 2.75) is 39.7 Å². The van der Waals surface area contributed by atoms with Gasteiger partial charge in [0.1, 0.15) is 5.82 Å². The molecule has 1 aromatic carbocycles. The highest BCUT2D eigenvalue weighted by Gasteiger charge is 2.24. The molecule has 3 heterocycles. The molecule has 0 radical (unpaired) electrons. The molecule has 1 aromatic heterocycles. The molecule has 0 aliphatic carbocycles. The molecule has 0 spiro atoms. The summed E-state index contributed by atoms with van der Waals surface area (Å²) in [6.45, 7) is 12.2. The SMILES string of the molecule is Cc1cc(C(=O)CN2CCC(CCN3CCOCC3)CC2)c(C)n1Cc1ccc(F)cc1. The molecule has 174 valence electrons.